The van der Waals surface area contributed by atoms with Crippen LogP contribution in [0, 0.1) is 0 Å². The molecule has 0 saturated carbocycles. The highest BCUT2D eigenvalue weighted by molar-refractivity contribution is 5.18. The molecule has 1 rings (SSSR count). The Balaban J connectivity index is 2.31. The number of ether oxygens (including phenoxy) is 4. The highest BCUT2D eigenvalue weighted by atomic mass is 16.7. The Hall–Kier alpha value is -0.500. The van der Waals surface area contributed by atoms with Crippen molar-refractivity contribution in [3.8, 4) is 0 Å². The van der Waals surface area contributed by atoms with Crippen molar-refractivity contribution in [3.63, 3.8) is 0 Å². The van der Waals surface area contributed by atoms with Gasteiger partial charge in [-0.2, -0.15) is 0 Å². The first kappa shape index (κ1) is 25.5. The quantitative estimate of drug-likeness (QED) is 0.229. The lowest BCUT2D eigenvalue weighted by molar-refractivity contribution is -0.140. The van der Waals surface area contributed by atoms with Gasteiger partial charge < -0.3 is 24.3 Å². The first-order valence-electron chi connectivity index (χ1n) is 11.2. The molecule has 28 heavy (non-hydrogen) atoms. The molecule has 2 atom stereocenters. The molecule has 1 aliphatic rings. The van der Waals surface area contributed by atoms with Gasteiger partial charge in [-0.25, -0.2) is 0 Å². The van der Waals surface area contributed by atoms with Gasteiger partial charge in [0.15, 0.2) is 12.6 Å². The van der Waals surface area contributed by atoms with Crippen molar-refractivity contribution >= 4 is 0 Å². The normalized spacial score (nSPS) is 20.8. The third-order valence-electron chi connectivity index (χ3n) is 5.18. The minimum atomic E-state index is -0.0823. The van der Waals surface area contributed by atoms with Gasteiger partial charge in [-0.15, -0.1) is 0 Å². The zero-order valence-electron chi connectivity index (χ0n) is 18.9. The zero-order chi connectivity index (χ0) is 20.8. The molecule has 6 heteroatoms. The molecule has 0 spiro atoms. The third kappa shape index (κ3) is 9.33. The number of nitrogens with one attached hydrogen (secondary N) is 1. The SMILES string of the molecule is C=C1CN(CCCC(OCC)OCC)[C@@H](C)[C@H]1NCCCC(OCC)OCC. The Morgan fingerprint density at radius 1 is 0.929 bits per heavy atom. The maximum absolute atomic E-state index is 5.64. The van der Waals surface area contributed by atoms with Gasteiger partial charge in [0.05, 0.1) is 0 Å². The predicted molar refractivity (Wildman–Crippen MR) is 115 cm³/mol. The molecule has 1 heterocycles. The Bertz CT molecular complexity index is 396. The Morgan fingerprint density at radius 2 is 1.43 bits per heavy atom. The van der Waals surface area contributed by atoms with Crippen LogP contribution in [0.1, 0.15) is 60.3 Å². The molecule has 1 aliphatic heterocycles. The van der Waals surface area contributed by atoms with Crippen molar-refractivity contribution in [2.45, 2.75) is 85.0 Å². The van der Waals surface area contributed by atoms with Gasteiger partial charge in [0, 0.05) is 45.1 Å². The monoisotopic (exact) mass is 400 g/mol. The van der Waals surface area contributed by atoms with E-state index >= 15 is 0 Å². The summed E-state index contributed by atoms with van der Waals surface area (Å²) < 4.78 is 22.5. The van der Waals surface area contributed by atoms with Crippen LogP contribution in [0.2, 0.25) is 0 Å². The molecule has 1 saturated heterocycles. The molecule has 6 nitrogen and oxygen atoms in total. The topological polar surface area (TPSA) is 52.2 Å². The van der Waals surface area contributed by atoms with E-state index in [0.717, 1.165) is 45.3 Å². The number of hydrogen-bond donors (Lipinski definition) is 1. The Kier molecular flexibility index (Phi) is 14.0. The summed E-state index contributed by atoms with van der Waals surface area (Å²) >= 11 is 0. The average molecular weight is 401 g/mol. The number of nitrogens with zero attached hydrogens (tertiary/aromatic N) is 1. The van der Waals surface area contributed by atoms with Crippen molar-refractivity contribution in [1.29, 1.82) is 0 Å². The summed E-state index contributed by atoms with van der Waals surface area (Å²) in [7, 11) is 0. The minimum Gasteiger partial charge on any atom is -0.353 e. The summed E-state index contributed by atoms with van der Waals surface area (Å²) in [5.41, 5.74) is 1.28. The van der Waals surface area contributed by atoms with Crippen LogP contribution in [0.5, 0.6) is 0 Å². The van der Waals surface area contributed by atoms with Gasteiger partial charge in [-0.1, -0.05) is 6.58 Å². The molecule has 1 fully saturated rings. The summed E-state index contributed by atoms with van der Waals surface area (Å²) in [4.78, 5) is 2.51. The molecule has 0 bridgehead atoms. The van der Waals surface area contributed by atoms with E-state index in [1.165, 1.54) is 5.57 Å². The summed E-state index contributed by atoms with van der Waals surface area (Å²) in [6.07, 6.45) is 3.80. The largest absolute Gasteiger partial charge is 0.353 e. The van der Waals surface area contributed by atoms with Crippen molar-refractivity contribution in [3.05, 3.63) is 12.2 Å². The van der Waals surface area contributed by atoms with E-state index in [0.29, 0.717) is 38.5 Å². The maximum atomic E-state index is 5.64. The standard InChI is InChI=1S/C22H44N2O4/c1-7-25-20(26-8-2)13-11-15-23-22-18(5)17-24(19(22)6)16-12-14-21(27-9-3)28-10-4/h19-23H,5,7-17H2,1-4,6H3/t19-,22-/m0/s1. The van der Waals surface area contributed by atoms with Crippen LogP contribution in [0.3, 0.4) is 0 Å². The lowest BCUT2D eigenvalue weighted by Crippen LogP contribution is -2.41. The average Bonchev–Trinajstić information content (AvgIpc) is 2.93. The molecule has 166 valence electrons. The molecule has 1 N–H and O–H groups in total. The van der Waals surface area contributed by atoms with Gasteiger partial charge in [-0.05, 0) is 79.0 Å². The van der Waals surface area contributed by atoms with Gasteiger partial charge in [0.25, 0.3) is 0 Å². The van der Waals surface area contributed by atoms with Crippen molar-refractivity contribution in [2.75, 3.05) is 46.1 Å². The number of rotatable bonds is 17. The summed E-state index contributed by atoms with van der Waals surface area (Å²) in [6, 6.07) is 0.812. The van der Waals surface area contributed by atoms with E-state index in [-0.39, 0.29) is 12.6 Å². The van der Waals surface area contributed by atoms with E-state index in [2.05, 4.69) is 23.7 Å². The van der Waals surface area contributed by atoms with Crippen LogP contribution in [0.15, 0.2) is 12.2 Å². The molecule has 0 aliphatic carbocycles. The number of likely N-dealkylation sites (tertiary alicyclic amines) is 1. The smallest absolute Gasteiger partial charge is 0.157 e. The van der Waals surface area contributed by atoms with E-state index in [1.807, 2.05) is 27.7 Å². The van der Waals surface area contributed by atoms with Crippen molar-refractivity contribution in [1.82, 2.24) is 10.2 Å². The van der Waals surface area contributed by atoms with Crippen LogP contribution in [0.4, 0.5) is 0 Å². The maximum Gasteiger partial charge on any atom is 0.157 e. The highest BCUT2D eigenvalue weighted by Gasteiger charge is 2.32. The lowest BCUT2D eigenvalue weighted by atomic mass is 10.1. The van der Waals surface area contributed by atoms with E-state index in [1.54, 1.807) is 0 Å². The lowest BCUT2D eigenvalue weighted by Gasteiger charge is -2.26. The third-order valence-corrected chi connectivity index (χ3v) is 5.18. The predicted octanol–water partition coefficient (Wildman–Crippen LogP) is 3.56. The van der Waals surface area contributed by atoms with Gasteiger partial charge in [0.2, 0.25) is 0 Å². The van der Waals surface area contributed by atoms with Crippen molar-refractivity contribution in [2.24, 2.45) is 0 Å². The molecule has 0 aromatic carbocycles. The summed E-state index contributed by atoms with van der Waals surface area (Å²) in [5, 5.41) is 3.69. The molecule has 0 unspecified atom stereocenters. The van der Waals surface area contributed by atoms with Gasteiger partial charge in [-0.3, -0.25) is 4.90 Å². The van der Waals surface area contributed by atoms with Gasteiger partial charge >= 0.3 is 0 Å². The molecule has 0 aromatic heterocycles. The zero-order valence-corrected chi connectivity index (χ0v) is 18.9. The summed E-state index contributed by atoms with van der Waals surface area (Å²) in [5.74, 6) is 0. The number of hydrogen-bond acceptors (Lipinski definition) is 6. The van der Waals surface area contributed by atoms with E-state index in [9.17, 15) is 0 Å². The second kappa shape index (κ2) is 15.4. The molecular formula is C22H44N2O4. The first-order valence-corrected chi connectivity index (χ1v) is 11.2. The Morgan fingerprint density at radius 3 is 1.93 bits per heavy atom. The molecular weight excluding hydrogens is 356 g/mol. The second-order valence-corrected chi connectivity index (χ2v) is 7.27. The Labute approximate surface area is 172 Å². The fourth-order valence-electron chi connectivity index (χ4n) is 3.81. The second-order valence-electron chi connectivity index (χ2n) is 7.27. The van der Waals surface area contributed by atoms with Crippen molar-refractivity contribution < 1.29 is 18.9 Å². The summed E-state index contributed by atoms with van der Waals surface area (Å²) in [6.45, 7) is 20.4. The fraction of sp³-hybridized carbons (Fsp3) is 0.909. The molecule has 0 aromatic rings. The molecule has 0 amide bonds. The van der Waals surface area contributed by atoms with Crippen LogP contribution in [-0.2, 0) is 18.9 Å². The highest BCUT2D eigenvalue weighted by Crippen LogP contribution is 2.22. The van der Waals surface area contributed by atoms with E-state index in [4.69, 9.17) is 18.9 Å². The molecule has 0 radical (unpaired) electrons. The first-order chi connectivity index (χ1) is 13.6. The van der Waals surface area contributed by atoms with Crippen LogP contribution >= 0.6 is 0 Å². The van der Waals surface area contributed by atoms with Crippen LogP contribution in [-0.4, -0.2) is 75.6 Å². The minimum absolute atomic E-state index is 0.0753. The van der Waals surface area contributed by atoms with Crippen LogP contribution < -0.4 is 5.32 Å². The fourth-order valence-corrected chi connectivity index (χ4v) is 3.81. The van der Waals surface area contributed by atoms with E-state index < -0.39 is 0 Å². The van der Waals surface area contributed by atoms with Gasteiger partial charge in [0.1, 0.15) is 0 Å². The van der Waals surface area contributed by atoms with Crippen LogP contribution in [0.25, 0.3) is 0 Å².